The molecule has 5 heteroatoms. The van der Waals surface area contributed by atoms with Crippen molar-refractivity contribution >= 4 is 17.3 Å². The minimum Gasteiger partial charge on any atom is -0.463 e. The maximum absolute atomic E-state index is 6.20. The van der Waals surface area contributed by atoms with Gasteiger partial charge in [0.15, 0.2) is 5.76 Å². The van der Waals surface area contributed by atoms with Gasteiger partial charge >= 0.3 is 0 Å². The van der Waals surface area contributed by atoms with Gasteiger partial charge in [-0.05, 0) is 35.9 Å². The molecule has 0 unspecified atom stereocenters. The fourth-order valence-electron chi connectivity index (χ4n) is 3.47. The molecule has 5 rings (SSSR count). The Hall–Kier alpha value is -2.72. The standard InChI is InChI=1S/C20H15ClN2O2/c21-14-9-7-13(8-10-14)16-12-17-15-4-1-2-5-18(15)25-20(23(17)22-16)19-6-3-11-24-19/h1-11,17,20H,12H2/t17-,20+/m1/s1. The van der Waals surface area contributed by atoms with Gasteiger partial charge in [-0.1, -0.05) is 41.9 Å². The molecule has 0 N–H and O–H groups in total. The number of furan rings is 1. The lowest BCUT2D eigenvalue weighted by Gasteiger charge is -2.36. The van der Waals surface area contributed by atoms with Gasteiger partial charge in [-0.15, -0.1) is 0 Å². The Labute approximate surface area is 150 Å². The van der Waals surface area contributed by atoms with Crippen molar-refractivity contribution in [3.63, 3.8) is 0 Å². The number of rotatable bonds is 2. The second kappa shape index (κ2) is 5.67. The first-order chi connectivity index (χ1) is 12.3. The van der Waals surface area contributed by atoms with Crippen LogP contribution in [0.5, 0.6) is 5.75 Å². The number of fused-ring (bicyclic) bond motifs is 3. The Morgan fingerprint density at radius 2 is 1.84 bits per heavy atom. The molecule has 1 aromatic heterocycles. The molecule has 2 aliphatic heterocycles. The summed E-state index contributed by atoms with van der Waals surface area (Å²) in [5.41, 5.74) is 3.26. The van der Waals surface area contributed by atoms with Gasteiger partial charge in [0.05, 0.1) is 18.0 Å². The Bertz CT molecular complexity index is 935. The fraction of sp³-hybridized carbons (Fsp3) is 0.150. The van der Waals surface area contributed by atoms with Crippen molar-refractivity contribution in [2.75, 3.05) is 0 Å². The SMILES string of the molecule is Clc1ccc(C2=NN3[C@H](C2)c2ccccc2O[C@H]3c2ccco2)cc1. The molecule has 0 saturated heterocycles. The Kier molecular flexibility index (Phi) is 3.31. The molecule has 2 aromatic carbocycles. The Balaban J connectivity index is 1.59. The minimum absolute atomic E-state index is 0.130. The highest BCUT2D eigenvalue weighted by molar-refractivity contribution is 6.30. The van der Waals surface area contributed by atoms with Gasteiger partial charge in [0.2, 0.25) is 6.23 Å². The molecule has 25 heavy (non-hydrogen) atoms. The van der Waals surface area contributed by atoms with Crippen molar-refractivity contribution in [2.24, 2.45) is 5.10 Å². The number of nitrogens with zero attached hydrogens (tertiary/aromatic N) is 2. The number of hydrogen-bond donors (Lipinski definition) is 0. The third kappa shape index (κ3) is 2.41. The number of hydrazone groups is 1. The number of halogens is 1. The second-order valence-corrected chi connectivity index (χ2v) is 6.61. The average Bonchev–Trinajstić information content (AvgIpc) is 3.32. The molecular weight excluding hydrogens is 336 g/mol. The lowest BCUT2D eigenvalue weighted by molar-refractivity contribution is -0.0325. The third-order valence-corrected chi connectivity index (χ3v) is 4.92. The number of ether oxygens (including phenoxy) is 1. The van der Waals surface area contributed by atoms with Crippen molar-refractivity contribution in [3.05, 3.63) is 88.8 Å². The van der Waals surface area contributed by atoms with Crippen molar-refractivity contribution in [2.45, 2.75) is 18.7 Å². The van der Waals surface area contributed by atoms with Crippen LogP contribution in [0.15, 0.2) is 76.4 Å². The van der Waals surface area contributed by atoms with Crippen LogP contribution in [0.1, 0.15) is 35.6 Å². The summed E-state index contributed by atoms with van der Waals surface area (Å²) in [7, 11) is 0. The first kappa shape index (κ1) is 14.6. The van der Waals surface area contributed by atoms with Crippen molar-refractivity contribution in [1.82, 2.24) is 5.01 Å². The fourth-order valence-corrected chi connectivity index (χ4v) is 3.60. The normalized spacial score (nSPS) is 21.3. The highest BCUT2D eigenvalue weighted by Crippen LogP contribution is 2.47. The molecule has 3 heterocycles. The number of hydrogen-bond acceptors (Lipinski definition) is 4. The summed E-state index contributed by atoms with van der Waals surface area (Å²) >= 11 is 6.02. The molecule has 0 aliphatic carbocycles. The van der Waals surface area contributed by atoms with Crippen LogP contribution in [-0.4, -0.2) is 10.7 Å². The van der Waals surface area contributed by atoms with E-state index in [-0.39, 0.29) is 12.3 Å². The summed E-state index contributed by atoms with van der Waals surface area (Å²) in [6.07, 6.45) is 2.12. The molecule has 3 aromatic rings. The van der Waals surface area contributed by atoms with E-state index in [4.69, 9.17) is 25.9 Å². The number of para-hydroxylation sites is 1. The van der Waals surface area contributed by atoms with E-state index in [1.165, 1.54) is 0 Å². The smallest absolute Gasteiger partial charge is 0.246 e. The van der Waals surface area contributed by atoms with Gasteiger partial charge in [-0.2, -0.15) is 5.10 Å². The summed E-state index contributed by atoms with van der Waals surface area (Å²) in [5.74, 6) is 1.64. The van der Waals surface area contributed by atoms with Gasteiger partial charge in [-0.25, -0.2) is 5.01 Å². The summed E-state index contributed by atoms with van der Waals surface area (Å²) in [4.78, 5) is 0. The van der Waals surface area contributed by atoms with Gasteiger partial charge in [0, 0.05) is 17.0 Å². The van der Waals surface area contributed by atoms with Gasteiger partial charge in [0.1, 0.15) is 5.75 Å². The summed E-state index contributed by atoms with van der Waals surface area (Å²) in [6, 6.07) is 19.9. The monoisotopic (exact) mass is 350 g/mol. The van der Waals surface area contributed by atoms with Crippen LogP contribution in [0.2, 0.25) is 5.02 Å². The Morgan fingerprint density at radius 1 is 1.00 bits per heavy atom. The van der Waals surface area contributed by atoms with Crippen LogP contribution in [-0.2, 0) is 0 Å². The topological polar surface area (TPSA) is 38.0 Å². The van der Waals surface area contributed by atoms with Crippen molar-refractivity contribution in [1.29, 1.82) is 0 Å². The summed E-state index contributed by atoms with van der Waals surface area (Å²) < 4.78 is 11.8. The van der Waals surface area contributed by atoms with Gasteiger partial charge in [-0.3, -0.25) is 0 Å². The highest BCUT2D eigenvalue weighted by Gasteiger charge is 2.41. The zero-order valence-electron chi connectivity index (χ0n) is 13.3. The predicted molar refractivity (Wildman–Crippen MR) is 95.7 cm³/mol. The number of benzene rings is 2. The van der Waals surface area contributed by atoms with E-state index < -0.39 is 0 Å². The molecule has 0 saturated carbocycles. The van der Waals surface area contributed by atoms with E-state index in [2.05, 4.69) is 6.07 Å². The maximum Gasteiger partial charge on any atom is 0.246 e. The quantitative estimate of drug-likeness (QED) is 0.639. The van der Waals surface area contributed by atoms with E-state index >= 15 is 0 Å². The van der Waals surface area contributed by atoms with E-state index in [9.17, 15) is 0 Å². The zero-order chi connectivity index (χ0) is 16.8. The molecule has 124 valence electrons. The Morgan fingerprint density at radius 3 is 2.64 bits per heavy atom. The molecule has 2 atom stereocenters. The molecule has 4 nitrogen and oxygen atoms in total. The van der Waals surface area contributed by atoms with E-state index in [0.717, 1.165) is 39.8 Å². The molecule has 0 amide bonds. The van der Waals surface area contributed by atoms with E-state index in [1.54, 1.807) is 6.26 Å². The lowest BCUT2D eigenvalue weighted by Crippen LogP contribution is -2.33. The zero-order valence-corrected chi connectivity index (χ0v) is 14.1. The summed E-state index contributed by atoms with van der Waals surface area (Å²) in [6.45, 7) is 0. The van der Waals surface area contributed by atoms with Crippen LogP contribution in [0, 0.1) is 0 Å². The maximum atomic E-state index is 6.20. The largest absolute Gasteiger partial charge is 0.463 e. The van der Waals surface area contributed by atoms with Crippen LogP contribution in [0.3, 0.4) is 0 Å². The molecule has 0 bridgehead atoms. The predicted octanol–water partition coefficient (Wildman–Crippen LogP) is 5.18. The second-order valence-electron chi connectivity index (χ2n) is 6.18. The first-order valence-electron chi connectivity index (χ1n) is 8.20. The summed E-state index contributed by atoms with van der Waals surface area (Å²) in [5, 5.41) is 7.60. The molecule has 0 radical (unpaired) electrons. The van der Waals surface area contributed by atoms with Crippen molar-refractivity contribution in [3.8, 4) is 5.75 Å². The first-order valence-corrected chi connectivity index (χ1v) is 8.58. The highest BCUT2D eigenvalue weighted by atomic mass is 35.5. The van der Waals surface area contributed by atoms with Gasteiger partial charge in [0.25, 0.3) is 0 Å². The van der Waals surface area contributed by atoms with Crippen molar-refractivity contribution < 1.29 is 9.15 Å². The van der Waals surface area contributed by atoms with Crippen LogP contribution < -0.4 is 4.74 Å². The van der Waals surface area contributed by atoms with Gasteiger partial charge < -0.3 is 9.15 Å². The van der Waals surface area contributed by atoms with Crippen LogP contribution in [0.25, 0.3) is 0 Å². The average molecular weight is 351 g/mol. The van der Waals surface area contributed by atoms with Crippen LogP contribution >= 0.6 is 11.6 Å². The third-order valence-electron chi connectivity index (χ3n) is 4.66. The molecule has 0 fully saturated rings. The molecular formula is C20H15ClN2O2. The lowest BCUT2D eigenvalue weighted by atomic mass is 9.96. The van der Waals surface area contributed by atoms with E-state index in [1.807, 2.05) is 59.6 Å². The van der Waals surface area contributed by atoms with E-state index in [0.29, 0.717) is 0 Å². The molecule has 0 spiro atoms. The van der Waals surface area contributed by atoms with Crippen LogP contribution in [0.4, 0.5) is 0 Å². The minimum atomic E-state index is -0.361. The molecule has 2 aliphatic rings.